The molecule has 0 spiro atoms. The molecular formula is C19H24ClNO. The first-order valence-corrected chi connectivity index (χ1v) is 7.86. The van der Waals surface area contributed by atoms with E-state index in [2.05, 4.69) is 30.4 Å². The Morgan fingerprint density at radius 2 is 1.77 bits per heavy atom. The third kappa shape index (κ3) is 3.82. The number of aryl methyl sites for hydroxylation is 2. The molecular weight excluding hydrogens is 294 g/mol. The van der Waals surface area contributed by atoms with Crippen molar-refractivity contribution in [2.24, 2.45) is 0 Å². The number of aromatic hydroxyl groups is 1. The Hall–Kier alpha value is -1.51. The highest BCUT2D eigenvalue weighted by molar-refractivity contribution is 5.85. The number of hydrogen-bond acceptors (Lipinski definition) is 2. The average molecular weight is 318 g/mol. The number of para-hydroxylation sites is 1. The van der Waals surface area contributed by atoms with Crippen molar-refractivity contribution in [1.82, 2.24) is 5.32 Å². The van der Waals surface area contributed by atoms with Crippen LogP contribution in [0, 0.1) is 0 Å². The van der Waals surface area contributed by atoms with Gasteiger partial charge in [-0.2, -0.15) is 0 Å². The Morgan fingerprint density at radius 3 is 2.55 bits per heavy atom. The summed E-state index contributed by atoms with van der Waals surface area (Å²) in [7, 11) is 0. The average Bonchev–Trinajstić information content (AvgIpc) is 2.53. The summed E-state index contributed by atoms with van der Waals surface area (Å²) in [6, 6.07) is 14.7. The van der Waals surface area contributed by atoms with E-state index in [9.17, 15) is 5.11 Å². The number of phenols is 1. The maximum absolute atomic E-state index is 9.81. The van der Waals surface area contributed by atoms with Gasteiger partial charge in [0.15, 0.2) is 0 Å². The lowest BCUT2D eigenvalue weighted by atomic mass is 9.89. The van der Waals surface area contributed by atoms with Gasteiger partial charge in [-0.05, 0) is 55.4 Å². The quantitative estimate of drug-likeness (QED) is 0.867. The third-order valence-electron chi connectivity index (χ3n) is 4.46. The van der Waals surface area contributed by atoms with E-state index in [0.717, 1.165) is 5.56 Å². The first-order chi connectivity index (χ1) is 10.2. The molecule has 2 aromatic carbocycles. The molecule has 1 unspecified atom stereocenters. The van der Waals surface area contributed by atoms with Crippen LogP contribution in [0.25, 0.3) is 0 Å². The molecule has 1 aliphatic rings. The molecule has 22 heavy (non-hydrogen) atoms. The molecule has 118 valence electrons. The molecule has 0 saturated carbocycles. The smallest absolute Gasteiger partial charge is 0.120 e. The Kier molecular flexibility index (Phi) is 5.87. The zero-order valence-electron chi connectivity index (χ0n) is 13.0. The Morgan fingerprint density at radius 1 is 1.05 bits per heavy atom. The van der Waals surface area contributed by atoms with Crippen molar-refractivity contribution in [2.45, 2.75) is 45.2 Å². The number of phenolic OH excluding ortho intramolecular Hbond substituents is 1. The number of hydrogen-bond donors (Lipinski definition) is 2. The Bertz CT molecular complexity index is 627. The monoisotopic (exact) mass is 317 g/mol. The number of rotatable bonds is 4. The van der Waals surface area contributed by atoms with Gasteiger partial charge in [-0.1, -0.05) is 36.4 Å². The third-order valence-corrected chi connectivity index (χ3v) is 4.46. The fraction of sp³-hybridized carbons (Fsp3) is 0.368. The first kappa shape index (κ1) is 16.9. The van der Waals surface area contributed by atoms with E-state index in [4.69, 9.17) is 0 Å². The van der Waals surface area contributed by atoms with Crippen LogP contribution in [0.15, 0.2) is 42.5 Å². The molecule has 2 aromatic rings. The second-order valence-corrected chi connectivity index (χ2v) is 5.97. The van der Waals surface area contributed by atoms with Crippen LogP contribution in [0.4, 0.5) is 0 Å². The summed E-state index contributed by atoms with van der Waals surface area (Å²) >= 11 is 0. The molecule has 0 amide bonds. The van der Waals surface area contributed by atoms with E-state index in [0.29, 0.717) is 12.3 Å². The van der Waals surface area contributed by atoms with E-state index < -0.39 is 0 Å². The summed E-state index contributed by atoms with van der Waals surface area (Å²) in [6.07, 6.45) is 5.09. The van der Waals surface area contributed by atoms with Crippen LogP contribution in [-0.4, -0.2) is 5.11 Å². The molecule has 0 aromatic heterocycles. The van der Waals surface area contributed by atoms with Crippen LogP contribution in [0.3, 0.4) is 0 Å². The second kappa shape index (κ2) is 7.66. The van der Waals surface area contributed by atoms with E-state index in [1.807, 2.05) is 18.2 Å². The lowest BCUT2D eigenvalue weighted by molar-refractivity contribution is 0.460. The molecule has 0 saturated heterocycles. The highest BCUT2D eigenvalue weighted by Gasteiger charge is 2.12. The van der Waals surface area contributed by atoms with Crippen molar-refractivity contribution in [3.05, 3.63) is 64.7 Å². The van der Waals surface area contributed by atoms with Crippen molar-refractivity contribution >= 4 is 12.4 Å². The van der Waals surface area contributed by atoms with Crippen molar-refractivity contribution in [3.63, 3.8) is 0 Å². The van der Waals surface area contributed by atoms with Gasteiger partial charge in [-0.25, -0.2) is 0 Å². The van der Waals surface area contributed by atoms with Crippen LogP contribution >= 0.6 is 12.4 Å². The maximum atomic E-state index is 9.81. The van der Waals surface area contributed by atoms with Crippen molar-refractivity contribution in [1.29, 1.82) is 0 Å². The normalized spacial score (nSPS) is 14.8. The predicted molar refractivity (Wildman–Crippen MR) is 93.7 cm³/mol. The summed E-state index contributed by atoms with van der Waals surface area (Å²) in [5.41, 5.74) is 5.33. The number of nitrogens with one attached hydrogen (secondary N) is 1. The summed E-state index contributed by atoms with van der Waals surface area (Å²) in [4.78, 5) is 0. The van der Waals surface area contributed by atoms with Crippen LogP contribution in [0.2, 0.25) is 0 Å². The van der Waals surface area contributed by atoms with E-state index in [1.165, 1.54) is 42.4 Å². The number of fused-ring (bicyclic) bond motifs is 1. The van der Waals surface area contributed by atoms with Gasteiger partial charge in [0.25, 0.3) is 0 Å². The highest BCUT2D eigenvalue weighted by Crippen LogP contribution is 2.25. The van der Waals surface area contributed by atoms with Gasteiger partial charge in [0.05, 0.1) is 0 Å². The minimum Gasteiger partial charge on any atom is -0.508 e. The molecule has 3 rings (SSSR count). The fourth-order valence-electron chi connectivity index (χ4n) is 3.06. The molecule has 0 fully saturated rings. The molecule has 2 nitrogen and oxygen atoms in total. The van der Waals surface area contributed by atoms with Crippen LogP contribution in [0.5, 0.6) is 5.75 Å². The summed E-state index contributed by atoms with van der Waals surface area (Å²) < 4.78 is 0. The maximum Gasteiger partial charge on any atom is 0.120 e. The standard InChI is InChI=1S/C19H23NO.ClH/c1-14(20-13-18-8-4-5-9-19(18)21)16-11-10-15-6-2-3-7-17(15)12-16;/h4-5,8-12,14,20-21H,2-3,6-7,13H2,1H3;1H. The number of halogens is 1. The molecule has 0 aliphatic heterocycles. The largest absolute Gasteiger partial charge is 0.508 e. The summed E-state index contributed by atoms with van der Waals surface area (Å²) in [5, 5.41) is 13.3. The van der Waals surface area contributed by atoms with E-state index in [-0.39, 0.29) is 18.4 Å². The Labute approximate surface area is 139 Å². The summed E-state index contributed by atoms with van der Waals surface area (Å²) in [5.74, 6) is 0.364. The first-order valence-electron chi connectivity index (χ1n) is 7.86. The van der Waals surface area contributed by atoms with Crippen molar-refractivity contribution in [3.8, 4) is 5.75 Å². The van der Waals surface area contributed by atoms with Crippen molar-refractivity contribution in [2.75, 3.05) is 0 Å². The minimum absolute atomic E-state index is 0. The van der Waals surface area contributed by atoms with Gasteiger partial charge in [-0.15, -0.1) is 12.4 Å². The zero-order chi connectivity index (χ0) is 14.7. The zero-order valence-corrected chi connectivity index (χ0v) is 13.8. The molecule has 0 radical (unpaired) electrons. The minimum atomic E-state index is 0. The van der Waals surface area contributed by atoms with Crippen LogP contribution in [0.1, 0.15) is 48.1 Å². The molecule has 2 N–H and O–H groups in total. The molecule has 1 aliphatic carbocycles. The fourth-order valence-corrected chi connectivity index (χ4v) is 3.06. The molecule has 3 heteroatoms. The van der Waals surface area contributed by atoms with Gasteiger partial charge in [-0.3, -0.25) is 0 Å². The number of benzene rings is 2. The van der Waals surface area contributed by atoms with Gasteiger partial charge in [0.2, 0.25) is 0 Å². The topological polar surface area (TPSA) is 32.3 Å². The Balaban J connectivity index is 0.00000176. The molecule has 1 atom stereocenters. The SMILES string of the molecule is CC(NCc1ccccc1O)c1ccc2c(c1)CCCC2.Cl. The van der Waals surface area contributed by atoms with Gasteiger partial charge in [0.1, 0.15) is 5.75 Å². The highest BCUT2D eigenvalue weighted by atomic mass is 35.5. The van der Waals surface area contributed by atoms with Crippen LogP contribution in [-0.2, 0) is 19.4 Å². The van der Waals surface area contributed by atoms with Gasteiger partial charge in [0, 0.05) is 18.2 Å². The van der Waals surface area contributed by atoms with Gasteiger partial charge >= 0.3 is 0 Å². The van der Waals surface area contributed by atoms with Gasteiger partial charge < -0.3 is 10.4 Å². The molecule has 0 bridgehead atoms. The lowest BCUT2D eigenvalue weighted by Gasteiger charge is -2.20. The predicted octanol–water partition coefficient (Wildman–Crippen LogP) is 4.54. The van der Waals surface area contributed by atoms with Crippen molar-refractivity contribution < 1.29 is 5.11 Å². The van der Waals surface area contributed by atoms with Crippen LogP contribution < -0.4 is 5.32 Å². The van der Waals surface area contributed by atoms with E-state index >= 15 is 0 Å². The molecule has 0 heterocycles. The summed E-state index contributed by atoms with van der Waals surface area (Å²) in [6.45, 7) is 2.87. The second-order valence-electron chi connectivity index (χ2n) is 5.97. The lowest BCUT2D eigenvalue weighted by Crippen LogP contribution is -2.18. The van der Waals surface area contributed by atoms with E-state index in [1.54, 1.807) is 6.07 Å².